The topological polar surface area (TPSA) is 71.5 Å². The second-order valence-corrected chi connectivity index (χ2v) is 7.43. The van der Waals surface area contributed by atoms with Gasteiger partial charge in [-0.2, -0.15) is 0 Å². The Morgan fingerprint density at radius 2 is 2.04 bits per heavy atom. The van der Waals surface area contributed by atoms with Crippen LogP contribution < -0.4 is 10.1 Å². The fourth-order valence-corrected chi connectivity index (χ4v) is 3.84. The number of rotatable bonds is 4. The van der Waals surface area contributed by atoms with Crippen LogP contribution in [0.25, 0.3) is 0 Å². The molecule has 1 atom stereocenters. The number of piperidine rings is 1. The Bertz CT molecular complexity index is 625. The third kappa shape index (κ3) is 3.94. The molecule has 1 aliphatic heterocycles. The number of hydrogen-bond donors (Lipinski definition) is 1. The summed E-state index contributed by atoms with van der Waals surface area (Å²) >= 11 is 0. The summed E-state index contributed by atoms with van der Waals surface area (Å²) in [6, 6.07) is 3.71. The van der Waals surface area contributed by atoms with Crippen LogP contribution in [0.4, 0.5) is 0 Å². The molecule has 0 spiro atoms. The number of nitrogens with one attached hydrogen (secondary N) is 1. The van der Waals surface area contributed by atoms with Gasteiger partial charge in [-0.15, -0.1) is 0 Å². The van der Waals surface area contributed by atoms with Gasteiger partial charge >= 0.3 is 0 Å². The molecule has 6 heteroatoms. The largest absolute Gasteiger partial charge is 0.481 e. The Morgan fingerprint density at radius 1 is 1.28 bits per heavy atom. The Balaban J connectivity index is 1.66. The normalized spacial score (nSPS) is 24.2. The molecule has 2 fully saturated rings. The molecule has 1 saturated carbocycles. The standard InChI is InChI=1S/C19H27N3O3/c1-19(18(24)21-15-6-3-4-7-15)10-5-11-22(13-19)17(23)14-8-9-16(25-2)20-12-14/h8-9,12,15H,3-7,10-11,13H2,1-2H3,(H,21,24)/t19-/m1/s1. The maximum atomic E-state index is 12.8. The number of ether oxygens (including phenoxy) is 1. The lowest BCUT2D eigenvalue weighted by molar-refractivity contribution is -0.133. The molecule has 1 aromatic rings. The molecule has 2 aliphatic rings. The van der Waals surface area contributed by atoms with Crippen molar-refractivity contribution in [1.82, 2.24) is 15.2 Å². The minimum absolute atomic E-state index is 0.0743. The van der Waals surface area contributed by atoms with E-state index in [1.54, 1.807) is 24.1 Å². The second-order valence-electron chi connectivity index (χ2n) is 7.43. The zero-order valence-corrected chi connectivity index (χ0v) is 15.1. The molecule has 1 aromatic heterocycles. The van der Waals surface area contributed by atoms with Crippen LogP contribution in [0, 0.1) is 5.41 Å². The van der Waals surface area contributed by atoms with E-state index in [2.05, 4.69) is 10.3 Å². The predicted octanol–water partition coefficient (Wildman–Crippen LogP) is 2.39. The smallest absolute Gasteiger partial charge is 0.255 e. The van der Waals surface area contributed by atoms with Crippen LogP contribution in [0.3, 0.4) is 0 Å². The number of pyridine rings is 1. The Labute approximate surface area is 148 Å². The van der Waals surface area contributed by atoms with Crippen LogP contribution in [0.5, 0.6) is 5.88 Å². The van der Waals surface area contributed by atoms with E-state index in [1.165, 1.54) is 19.0 Å². The summed E-state index contributed by atoms with van der Waals surface area (Å²) in [4.78, 5) is 31.4. The van der Waals surface area contributed by atoms with Gasteiger partial charge in [0.25, 0.3) is 5.91 Å². The van der Waals surface area contributed by atoms with Crippen molar-refractivity contribution in [2.45, 2.75) is 51.5 Å². The van der Waals surface area contributed by atoms with Crippen molar-refractivity contribution in [2.75, 3.05) is 20.2 Å². The predicted molar refractivity (Wildman–Crippen MR) is 94.4 cm³/mol. The van der Waals surface area contributed by atoms with Gasteiger partial charge in [-0.3, -0.25) is 9.59 Å². The Hall–Kier alpha value is -2.11. The molecule has 3 rings (SSSR count). The highest BCUT2D eigenvalue weighted by molar-refractivity contribution is 5.94. The first-order valence-corrected chi connectivity index (χ1v) is 9.12. The van der Waals surface area contributed by atoms with Crippen LogP contribution in [0.15, 0.2) is 18.3 Å². The average molecular weight is 345 g/mol. The number of hydrogen-bond acceptors (Lipinski definition) is 4. The van der Waals surface area contributed by atoms with Crippen LogP contribution in [0.1, 0.15) is 55.8 Å². The van der Waals surface area contributed by atoms with Gasteiger partial charge in [0.1, 0.15) is 0 Å². The Kier molecular flexibility index (Phi) is 5.25. The summed E-state index contributed by atoms with van der Waals surface area (Å²) < 4.78 is 5.03. The van der Waals surface area contributed by atoms with Gasteiger partial charge in [0.2, 0.25) is 11.8 Å². The number of methoxy groups -OCH3 is 1. The highest BCUT2D eigenvalue weighted by atomic mass is 16.5. The third-order valence-corrected chi connectivity index (χ3v) is 5.41. The van der Waals surface area contributed by atoms with E-state index in [0.29, 0.717) is 30.6 Å². The zero-order valence-electron chi connectivity index (χ0n) is 15.1. The van der Waals surface area contributed by atoms with Crippen molar-refractivity contribution in [3.63, 3.8) is 0 Å². The molecule has 0 bridgehead atoms. The van der Waals surface area contributed by atoms with Gasteiger partial charge in [-0.25, -0.2) is 4.98 Å². The SMILES string of the molecule is COc1ccc(C(=O)N2CCC[C@@](C)(C(=O)NC3CCCC3)C2)cn1. The highest BCUT2D eigenvalue weighted by Gasteiger charge is 2.40. The summed E-state index contributed by atoms with van der Waals surface area (Å²) in [5.74, 6) is 0.496. The molecular weight excluding hydrogens is 318 g/mol. The van der Waals surface area contributed by atoms with E-state index in [9.17, 15) is 9.59 Å². The van der Waals surface area contributed by atoms with Gasteiger partial charge in [0, 0.05) is 31.4 Å². The number of likely N-dealkylation sites (tertiary alicyclic amines) is 1. The first-order valence-electron chi connectivity index (χ1n) is 9.12. The van der Waals surface area contributed by atoms with E-state index in [-0.39, 0.29) is 11.8 Å². The van der Waals surface area contributed by atoms with Gasteiger partial charge in [-0.1, -0.05) is 12.8 Å². The molecule has 2 amide bonds. The number of carbonyl (C=O) groups excluding carboxylic acids is 2. The fourth-order valence-electron chi connectivity index (χ4n) is 3.84. The maximum Gasteiger partial charge on any atom is 0.255 e. The van der Waals surface area contributed by atoms with Crippen molar-refractivity contribution in [3.8, 4) is 5.88 Å². The molecule has 136 valence electrons. The lowest BCUT2D eigenvalue weighted by atomic mass is 9.80. The van der Waals surface area contributed by atoms with Crippen molar-refractivity contribution >= 4 is 11.8 Å². The lowest BCUT2D eigenvalue weighted by Crippen LogP contribution is -2.53. The maximum absolute atomic E-state index is 12.8. The number of nitrogens with zero attached hydrogens (tertiary/aromatic N) is 2. The van der Waals surface area contributed by atoms with E-state index in [1.807, 2.05) is 6.92 Å². The zero-order chi connectivity index (χ0) is 17.9. The molecule has 0 aromatic carbocycles. The minimum Gasteiger partial charge on any atom is -0.481 e. The van der Waals surface area contributed by atoms with E-state index in [4.69, 9.17) is 4.74 Å². The molecule has 2 heterocycles. The molecule has 25 heavy (non-hydrogen) atoms. The first kappa shape index (κ1) is 17.7. The molecule has 0 radical (unpaired) electrons. The van der Waals surface area contributed by atoms with Crippen molar-refractivity contribution < 1.29 is 14.3 Å². The Morgan fingerprint density at radius 3 is 2.68 bits per heavy atom. The summed E-state index contributed by atoms with van der Waals surface area (Å²) in [6.07, 6.45) is 7.71. The van der Waals surface area contributed by atoms with E-state index in [0.717, 1.165) is 25.7 Å². The summed E-state index contributed by atoms with van der Waals surface area (Å²) in [7, 11) is 1.54. The van der Waals surface area contributed by atoms with Crippen molar-refractivity contribution in [3.05, 3.63) is 23.9 Å². The number of aromatic nitrogens is 1. The molecule has 1 aliphatic carbocycles. The summed E-state index contributed by atoms with van der Waals surface area (Å²) in [5, 5.41) is 3.20. The summed E-state index contributed by atoms with van der Waals surface area (Å²) in [6.45, 7) is 3.11. The van der Waals surface area contributed by atoms with Crippen molar-refractivity contribution in [2.24, 2.45) is 5.41 Å². The van der Waals surface area contributed by atoms with Crippen LogP contribution in [-0.4, -0.2) is 47.9 Å². The first-order chi connectivity index (χ1) is 12.0. The third-order valence-electron chi connectivity index (χ3n) is 5.41. The van der Waals surface area contributed by atoms with Gasteiger partial charge in [-0.05, 0) is 38.7 Å². The van der Waals surface area contributed by atoms with Crippen LogP contribution in [0.2, 0.25) is 0 Å². The van der Waals surface area contributed by atoms with Crippen LogP contribution in [-0.2, 0) is 4.79 Å². The van der Waals surface area contributed by atoms with Crippen LogP contribution >= 0.6 is 0 Å². The van der Waals surface area contributed by atoms with Gasteiger partial charge in [0.15, 0.2) is 0 Å². The molecule has 1 N–H and O–H groups in total. The van der Waals surface area contributed by atoms with Crippen molar-refractivity contribution in [1.29, 1.82) is 0 Å². The lowest BCUT2D eigenvalue weighted by Gasteiger charge is -2.39. The monoisotopic (exact) mass is 345 g/mol. The van der Waals surface area contributed by atoms with Gasteiger partial charge < -0.3 is 15.0 Å². The quantitative estimate of drug-likeness (QED) is 0.909. The minimum atomic E-state index is -0.517. The fraction of sp³-hybridized carbons (Fsp3) is 0.632. The number of carbonyl (C=O) groups is 2. The molecule has 0 unspecified atom stereocenters. The molecular formula is C19H27N3O3. The highest BCUT2D eigenvalue weighted by Crippen LogP contribution is 2.31. The average Bonchev–Trinajstić information content (AvgIpc) is 3.14. The summed E-state index contributed by atoms with van der Waals surface area (Å²) in [5.41, 5.74) is 0.0115. The number of amides is 2. The van der Waals surface area contributed by atoms with Gasteiger partial charge in [0.05, 0.1) is 18.1 Å². The molecule has 6 nitrogen and oxygen atoms in total. The molecule has 1 saturated heterocycles. The van der Waals surface area contributed by atoms with E-state index >= 15 is 0 Å². The van der Waals surface area contributed by atoms with E-state index < -0.39 is 5.41 Å². The second kappa shape index (κ2) is 7.42.